The molecular weight excluding hydrogens is 258 g/mol. The third-order valence-electron chi connectivity index (χ3n) is 4.43. The summed E-state index contributed by atoms with van der Waals surface area (Å²) in [6, 6.07) is 8.95. The Labute approximate surface area is 130 Å². The van der Waals surface area contributed by atoms with E-state index in [9.17, 15) is 0 Å². The molecule has 1 fully saturated rings. The molecular formula is C19H31NO. The molecule has 1 aromatic rings. The predicted octanol–water partition coefficient (Wildman–Crippen LogP) is 4.43. The van der Waals surface area contributed by atoms with Gasteiger partial charge in [0.25, 0.3) is 0 Å². The first-order chi connectivity index (χ1) is 10.00. The van der Waals surface area contributed by atoms with Gasteiger partial charge < -0.3 is 10.1 Å². The van der Waals surface area contributed by atoms with Gasteiger partial charge in [-0.2, -0.15) is 0 Å². The normalized spacial score (nSPS) is 22.4. The Morgan fingerprint density at radius 3 is 2.81 bits per heavy atom. The summed E-state index contributed by atoms with van der Waals surface area (Å²) in [5, 5.41) is 3.59. The molecule has 118 valence electrons. The van der Waals surface area contributed by atoms with Gasteiger partial charge in [-0.25, -0.2) is 0 Å². The fraction of sp³-hybridized carbons (Fsp3) is 0.684. The van der Waals surface area contributed by atoms with Crippen LogP contribution >= 0.6 is 0 Å². The third kappa shape index (κ3) is 5.12. The van der Waals surface area contributed by atoms with Crippen LogP contribution in [-0.4, -0.2) is 24.8 Å². The summed E-state index contributed by atoms with van der Waals surface area (Å²) in [4.78, 5) is 0. The first-order valence-electron chi connectivity index (χ1n) is 8.45. The number of nitrogens with one attached hydrogen (secondary N) is 1. The Morgan fingerprint density at radius 1 is 1.38 bits per heavy atom. The van der Waals surface area contributed by atoms with E-state index in [1.54, 1.807) is 0 Å². The van der Waals surface area contributed by atoms with Crippen LogP contribution in [0.3, 0.4) is 0 Å². The van der Waals surface area contributed by atoms with Crippen LogP contribution in [0.4, 0.5) is 0 Å². The smallest absolute Gasteiger partial charge is 0.0631 e. The average molecular weight is 289 g/mol. The molecule has 1 aliphatic rings. The molecule has 2 nitrogen and oxygen atoms in total. The Kier molecular flexibility index (Phi) is 5.83. The van der Waals surface area contributed by atoms with Crippen LogP contribution < -0.4 is 5.32 Å². The standard InChI is InChI=1S/C19H31NO/c1-5-11-20-14-17(16-8-6-7-15(2)12-16)13-18-9-10-19(3,4)21-18/h6-8,12,17-18,20H,5,9-11,13-14H2,1-4H3. The molecule has 0 saturated carbocycles. The summed E-state index contributed by atoms with van der Waals surface area (Å²) in [5.41, 5.74) is 2.87. The lowest BCUT2D eigenvalue weighted by Gasteiger charge is -2.24. The highest BCUT2D eigenvalue weighted by Gasteiger charge is 2.33. The summed E-state index contributed by atoms with van der Waals surface area (Å²) < 4.78 is 6.21. The van der Waals surface area contributed by atoms with Crippen molar-refractivity contribution in [3.63, 3.8) is 0 Å². The second kappa shape index (κ2) is 7.42. The van der Waals surface area contributed by atoms with Crippen molar-refractivity contribution >= 4 is 0 Å². The lowest BCUT2D eigenvalue weighted by molar-refractivity contribution is -0.0209. The molecule has 21 heavy (non-hydrogen) atoms. The van der Waals surface area contributed by atoms with Crippen LogP contribution in [0.2, 0.25) is 0 Å². The molecule has 2 rings (SSSR count). The van der Waals surface area contributed by atoms with E-state index in [1.165, 1.54) is 30.4 Å². The molecule has 2 unspecified atom stereocenters. The minimum Gasteiger partial charge on any atom is -0.372 e. The van der Waals surface area contributed by atoms with Crippen LogP contribution in [0.25, 0.3) is 0 Å². The first kappa shape index (κ1) is 16.5. The number of rotatable bonds is 7. The van der Waals surface area contributed by atoms with Gasteiger partial charge in [-0.15, -0.1) is 0 Å². The summed E-state index contributed by atoms with van der Waals surface area (Å²) in [5.74, 6) is 0.551. The molecule has 2 heteroatoms. The molecule has 1 N–H and O–H groups in total. The lowest BCUT2D eigenvalue weighted by Crippen LogP contribution is -2.27. The fourth-order valence-electron chi connectivity index (χ4n) is 3.28. The highest BCUT2D eigenvalue weighted by atomic mass is 16.5. The van der Waals surface area contributed by atoms with E-state index in [0.717, 1.165) is 19.5 Å². The van der Waals surface area contributed by atoms with E-state index in [-0.39, 0.29) is 5.60 Å². The zero-order valence-electron chi connectivity index (χ0n) is 14.1. The van der Waals surface area contributed by atoms with Crippen LogP contribution in [0.15, 0.2) is 24.3 Å². The Balaban J connectivity index is 2.02. The second-order valence-electron chi connectivity index (χ2n) is 7.09. The molecule has 0 spiro atoms. The Bertz CT molecular complexity index is 441. The van der Waals surface area contributed by atoms with Gasteiger partial charge in [0.1, 0.15) is 0 Å². The monoisotopic (exact) mass is 289 g/mol. The van der Waals surface area contributed by atoms with E-state index in [2.05, 4.69) is 57.3 Å². The van der Waals surface area contributed by atoms with Crippen molar-refractivity contribution in [3.05, 3.63) is 35.4 Å². The number of hydrogen-bond acceptors (Lipinski definition) is 2. The Morgan fingerprint density at radius 2 is 2.19 bits per heavy atom. The van der Waals surface area contributed by atoms with Crippen LogP contribution in [0.1, 0.15) is 63.5 Å². The number of ether oxygens (including phenoxy) is 1. The van der Waals surface area contributed by atoms with Gasteiger partial charge in [0.05, 0.1) is 11.7 Å². The van der Waals surface area contributed by atoms with Crippen molar-refractivity contribution in [2.24, 2.45) is 0 Å². The van der Waals surface area contributed by atoms with Gasteiger partial charge in [-0.05, 0) is 64.5 Å². The number of aryl methyl sites for hydroxylation is 1. The topological polar surface area (TPSA) is 21.3 Å². The molecule has 0 amide bonds. The molecule has 1 aromatic carbocycles. The maximum atomic E-state index is 6.21. The summed E-state index contributed by atoms with van der Waals surface area (Å²) >= 11 is 0. The maximum absolute atomic E-state index is 6.21. The average Bonchev–Trinajstić information content (AvgIpc) is 2.77. The van der Waals surface area contributed by atoms with Crippen molar-refractivity contribution in [2.75, 3.05) is 13.1 Å². The molecule has 0 radical (unpaired) electrons. The molecule has 0 bridgehead atoms. The van der Waals surface area contributed by atoms with Crippen LogP contribution in [0, 0.1) is 6.92 Å². The predicted molar refractivity (Wildman–Crippen MR) is 89.9 cm³/mol. The summed E-state index contributed by atoms with van der Waals surface area (Å²) in [7, 11) is 0. The van der Waals surface area contributed by atoms with Crippen molar-refractivity contribution < 1.29 is 4.74 Å². The molecule has 0 aromatic heterocycles. The van der Waals surface area contributed by atoms with E-state index in [1.807, 2.05) is 0 Å². The van der Waals surface area contributed by atoms with Gasteiger partial charge in [-0.3, -0.25) is 0 Å². The van der Waals surface area contributed by atoms with Gasteiger partial charge >= 0.3 is 0 Å². The van der Waals surface area contributed by atoms with Gasteiger partial charge in [-0.1, -0.05) is 36.8 Å². The SMILES string of the molecule is CCCNCC(CC1CCC(C)(C)O1)c1cccc(C)c1. The number of benzene rings is 1. The van der Waals surface area contributed by atoms with Crippen LogP contribution in [-0.2, 0) is 4.74 Å². The fourth-order valence-corrected chi connectivity index (χ4v) is 3.28. The largest absolute Gasteiger partial charge is 0.372 e. The maximum Gasteiger partial charge on any atom is 0.0631 e. The Hall–Kier alpha value is -0.860. The van der Waals surface area contributed by atoms with Gasteiger partial charge in [0.2, 0.25) is 0 Å². The molecule has 1 aliphatic heterocycles. The summed E-state index contributed by atoms with van der Waals surface area (Å²) in [6.45, 7) is 11.0. The quantitative estimate of drug-likeness (QED) is 0.750. The number of hydrogen-bond donors (Lipinski definition) is 1. The van der Waals surface area contributed by atoms with E-state index < -0.39 is 0 Å². The van der Waals surface area contributed by atoms with Crippen molar-refractivity contribution in [1.29, 1.82) is 0 Å². The van der Waals surface area contributed by atoms with Gasteiger partial charge in [0.15, 0.2) is 0 Å². The van der Waals surface area contributed by atoms with E-state index in [4.69, 9.17) is 4.74 Å². The zero-order valence-corrected chi connectivity index (χ0v) is 14.1. The van der Waals surface area contributed by atoms with E-state index >= 15 is 0 Å². The van der Waals surface area contributed by atoms with Crippen LogP contribution in [0.5, 0.6) is 0 Å². The lowest BCUT2D eigenvalue weighted by atomic mass is 9.91. The minimum atomic E-state index is 0.0681. The highest BCUT2D eigenvalue weighted by Crippen LogP contribution is 2.34. The summed E-state index contributed by atoms with van der Waals surface area (Å²) in [6.07, 6.45) is 5.11. The third-order valence-corrected chi connectivity index (χ3v) is 4.43. The van der Waals surface area contributed by atoms with Crippen molar-refractivity contribution in [2.45, 2.75) is 71.0 Å². The minimum absolute atomic E-state index is 0.0681. The molecule has 1 saturated heterocycles. The first-order valence-corrected chi connectivity index (χ1v) is 8.45. The molecule has 1 heterocycles. The molecule has 0 aliphatic carbocycles. The zero-order chi connectivity index (χ0) is 15.3. The van der Waals surface area contributed by atoms with E-state index in [0.29, 0.717) is 12.0 Å². The highest BCUT2D eigenvalue weighted by molar-refractivity contribution is 5.26. The molecule has 2 atom stereocenters. The van der Waals surface area contributed by atoms with Crippen molar-refractivity contribution in [3.8, 4) is 0 Å². The van der Waals surface area contributed by atoms with Gasteiger partial charge in [0, 0.05) is 6.54 Å². The second-order valence-corrected chi connectivity index (χ2v) is 7.09. The van der Waals surface area contributed by atoms with Crippen molar-refractivity contribution in [1.82, 2.24) is 5.32 Å².